The molecule has 3 aromatic heterocycles. The van der Waals surface area contributed by atoms with Gasteiger partial charge in [-0.15, -0.1) is 0 Å². The molecule has 0 atom stereocenters. The molecule has 10 rings (SSSR count). The zero-order valence-corrected chi connectivity index (χ0v) is 24.8. The van der Waals surface area contributed by atoms with Gasteiger partial charge in [-0.25, -0.2) is 9.97 Å². The van der Waals surface area contributed by atoms with Crippen molar-refractivity contribution < 1.29 is 0 Å². The summed E-state index contributed by atoms with van der Waals surface area (Å²) in [5.41, 5.74) is 8.64. The van der Waals surface area contributed by atoms with Crippen LogP contribution in [0.5, 0.6) is 0 Å². The molecule has 7 aromatic carbocycles. The molecule has 4 heteroatoms. The molecule has 0 saturated heterocycles. The molecule has 0 saturated carbocycles. The van der Waals surface area contributed by atoms with Crippen molar-refractivity contribution >= 4 is 65.3 Å². The second-order valence-electron chi connectivity index (χ2n) is 11.8. The molecule has 0 N–H and O–H groups in total. The average Bonchev–Trinajstić information content (AvgIpc) is 3.62. The molecule has 0 fully saturated rings. The fourth-order valence-corrected chi connectivity index (χ4v) is 7.29. The van der Waals surface area contributed by atoms with E-state index in [0.29, 0.717) is 5.95 Å². The van der Waals surface area contributed by atoms with Gasteiger partial charge in [-0.1, -0.05) is 121 Å². The standard InChI is InChI=1S/C42H26N4/c1-2-14-28(15-3-1)41-32-20-6-9-21-35(32)43-42(44-41)46-38-23-11-8-19-31(38)34-25-39-33(26-40(34)46)30-18-7-10-22-37(30)45(39)36-24-12-16-27-13-4-5-17-29(27)36/h1-26H. The molecule has 0 aliphatic heterocycles. The van der Waals surface area contributed by atoms with Crippen molar-refractivity contribution in [3.8, 4) is 22.9 Å². The van der Waals surface area contributed by atoms with Gasteiger partial charge in [-0.05, 0) is 41.8 Å². The van der Waals surface area contributed by atoms with E-state index in [1.165, 1.54) is 49.0 Å². The molecule has 0 unspecified atom stereocenters. The first kappa shape index (κ1) is 25.1. The van der Waals surface area contributed by atoms with Gasteiger partial charge in [0.15, 0.2) is 0 Å². The lowest BCUT2D eigenvalue weighted by atomic mass is 10.1. The summed E-state index contributed by atoms with van der Waals surface area (Å²) in [5, 5.41) is 8.26. The number of fused-ring (bicyclic) bond motifs is 8. The molecular formula is C42H26N4. The predicted molar refractivity (Wildman–Crippen MR) is 191 cm³/mol. The summed E-state index contributed by atoms with van der Waals surface area (Å²) in [6.07, 6.45) is 0. The second-order valence-corrected chi connectivity index (χ2v) is 11.8. The van der Waals surface area contributed by atoms with Crippen LogP contribution in [0, 0.1) is 0 Å². The van der Waals surface area contributed by atoms with Crippen molar-refractivity contribution in [3.05, 3.63) is 158 Å². The molecule has 3 heterocycles. The summed E-state index contributed by atoms with van der Waals surface area (Å²) >= 11 is 0. The van der Waals surface area contributed by atoms with E-state index in [-0.39, 0.29) is 0 Å². The summed E-state index contributed by atoms with van der Waals surface area (Å²) in [7, 11) is 0. The first-order chi connectivity index (χ1) is 22.8. The molecule has 214 valence electrons. The van der Waals surface area contributed by atoms with Crippen LogP contribution in [0.4, 0.5) is 0 Å². The van der Waals surface area contributed by atoms with Crippen molar-refractivity contribution in [3.63, 3.8) is 0 Å². The van der Waals surface area contributed by atoms with Crippen molar-refractivity contribution in [2.24, 2.45) is 0 Å². The van der Waals surface area contributed by atoms with Crippen LogP contribution in [-0.2, 0) is 0 Å². The van der Waals surface area contributed by atoms with Crippen LogP contribution >= 0.6 is 0 Å². The minimum atomic E-state index is 0.667. The van der Waals surface area contributed by atoms with Crippen LogP contribution in [-0.4, -0.2) is 19.1 Å². The Morgan fingerprint density at radius 3 is 1.70 bits per heavy atom. The Balaban J connectivity index is 1.34. The topological polar surface area (TPSA) is 35.6 Å². The van der Waals surface area contributed by atoms with E-state index in [1.54, 1.807) is 0 Å². The normalized spacial score (nSPS) is 11.9. The zero-order chi connectivity index (χ0) is 30.2. The smallest absolute Gasteiger partial charge is 0.235 e. The average molecular weight is 587 g/mol. The summed E-state index contributed by atoms with van der Waals surface area (Å²) in [5.74, 6) is 0.667. The van der Waals surface area contributed by atoms with Gasteiger partial charge in [0.1, 0.15) is 0 Å². The van der Waals surface area contributed by atoms with Crippen LogP contribution in [0.3, 0.4) is 0 Å². The lowest BCUT2D eigenvalue weighted by molar-refractivity contribution is 1.01. The molecule has 0 spiro atoms. The van der Waals surface area contributed by atoms with Crippen molar-refractivity contribution in [2.75, 3.05) is 0 Å². The fourth-order valence-electron chi connectivity index (χ4n) is 7.29. The highest BCUT2D eigenvalue weighted by Crippen LogP contribution is 2.40. The molecule has 0 amide bonds. The molecule has 0 aliphatic carbocycles. The van der Waals surface area contributed by atoms with Gasteiger partial charge in [-0.3, -0.25) is 4.57 Å². The van der Waals surface area contributed by atoms with E-state index in [9.17, 15) is 0 Å². The summed E-state index contributed by atoms with van der Waals surface area (Å²) in [4.78, 5) is 10.5. The SMILES string of the molecule is c1ccc(-c2nc(-n3c4ccccc4c4cc5c(cc43)c3ccccc3n5-c3cccc4ccccc34)nc3ccccc23)cc1. The van der Waals surface area contributed by atoms with Crippen molar-refractivity contribution in [1.29, 1.82) is 0 Å². The van der Waals surface area contributed by atoms with Crippen LogP contribution in [0.1, 0.15) is 0 Å². The largest absolute Gasteiger partial charge is 0.309 e. The van der Waals surface area contributed by atoms with Gasteiger partial charge in [-0.2, -0.15) is 0 Å². The minimum absolute atomic E-state index is 0.667. The van der Waals surface area contributed by atoms with Gasteiger partial charge in [0.2, 0.25) is 5.95 Å². The summed E-state index contributed by atoms with van der Waals surface area (Å²) < 4.78 is 4.67. The quantitative estimate of drug-likeness (QED) is 0.206. The molecule has 10 aromatic rings. The lowest BCUT2D eigenvalue weighted by Gasteiger charge is -2.12. The molecule has 4 nitrogen and oxygen atoms in total. The van der Waals surface area contributed by atoms with Crippen LogP contribution in [0.15, 0.2) is 158 Å². The van der Waals surface area contributed by atoms with Crippen molar-refractivity contribution in [1.82, 2.24) is 19.1 Å². The van der Waals surface area contributed by atoms with Gasteiger partial charge in [0, 0.05) is 37.9 Å². The van der Waals surface area contributed by atoms with E-state index in [4.69, 9.17) is 9.97 Å². The Morgan fingerprint density at radius 2 is 0.935 bits per heavy atom. The number of aromatic nitrogens is 4. The highest BCUT2D eigenvalue weighted by Gasteiger charge is 2.21. The van der Waals surface area contributed by atoms with E-state index in [2.05, 4.69) is 155 Å². The number of hydrogen-bond acceptors (Lipinski definition) is 2. The number of hydrogen-bond donors (Lipinski definition) is 0. The summed E-state index contributed by atoms with van der Waals surface area (Å²) in [6, 6.07) is 56.0. The second kappa shape index (κ2) is 9.62. The number of para-hydroxylation sites is 3. The molecule has 0 radical (unpaired) electrons. The predicted octanol–water partition coefficient (Wildman–Crippen LogP) is 10.6. The maximum absolute atomic E-state index is 5.29. The number of benzene rings is 7. The number of nitrogens with zero attached hydrogens (tertiary/aromatic N) is 4. The van der Waals surface area contributed by atoms with Gasteiger partial charge in [0.05, 0.1) is 39.0 Å². The van der Waals surface area contributed by atoms with Gasteiger partial charge >= 0.3 is 0 Å². The molecule has 0 bridgehead atoms. The van der Waals surface area contributed by atoms with Gasteiger partial charge in [0.25, 0.3) is 0 Å². The number of rotatable bonds is 3. The van der Waals surface area contributed by atoms with Crippen LogP contribution in [0.2, 0.25) is 0 Å². The van der Waals surface area contributed by atoms with Crippen LogP contribution < -0.4 is 0 Å². The zero-order valence-electron chi connectivity index (χ0n) is 24.8. The van der Waals surface area contributed by atoms with Gasteiger partial charge < -0.3 is 4.57 Å². The Morgan fingerprint density at radius 1 is 0.370 bits per heavy atom. The Labute approximate surface area is 264 Å². The van der Waals surface area contributed by atoms with E-state index in [0.717, 1.165) is 33.2 Å². The molecule has 46 heavy (non-hydrogen) atoms. The van der Waals surface area contributed by atoms with E-state index in [1.807, 2.05) is 12.1 Å². The first-order valence-electron chi connectivity index (χ1n) is 15.6. The first-order valence-corrected chi connectivity index (χ1v) is 15.6. The maximum Gasteiger partial charge on any atom is 0.235 e. The monoisotopic (exact) mass is 586 g/mol. The molecular weight excluding hydrogens is 560 g/mol. The third-order valence-corrected chi connectivity index (χ3v) is 9.31. The summed E-state index contributed by atoms with van der Waals surface area (Å²) in [6.45, 7) is 0. The van der Waals surface area contributed by atoms with Crippen molar-refractivity contribution in [2.45, 2.75) is 0 Å². The third-order valence-electron chi connectivity index (χ3n) is 9.31. The van der Waals surface area contributed by atoms with E-state index < -0.39 is 0 Å². The fraction of sp³-hybridized carbons (Fsp3) is 0. The lowest BCUT2D eigenvalue weighted by Crippen LogP contribution is -2.03. The minimum Gasteiger partial charge on any atom is -0.309 e. The Hall–Kier alpha value is -6.26. The third kappa shape index (κ3) is 3.55. The Bertz CT molecular complexity index is 2800. The highest BCUT2D eigenvalue weighted by atomic mass is 15.2. The maximum atomic E-state index is 5.29. The van der Waals surface area contributed by atoms with E-state index >= 15 is 0 Å². The van der Waals surface area contributed by atoms with Crippen LogP contribution in [0.25, 0.3) is 88.2 Å². The highest BCUT2D eigenvalue weighted by molar-refractivity contribution is 6.19. The molecule has 0 aliphatic rings. The Kier molecular flexibility index (Phi) is 5.25.